The number of ether oxygens (including phenoxy) is 1. The van der Waals surface area contributed by atoms with Gasteiger partial charge in [0.25, 0.3) is 0 Å². The fourth-order valence-corrected chi connectivity index (χ4v) is 2.38. The Morgan fingerprint density at radius 1 is 1.17 bits per heavy atom. The molecule has 0 radical (unpaired) electrons. The SMILES string of the molecule is COCCNc1cc(N(Cc2ccccc2)C(C)C)nc(C)n1. The first-order valence-corrected chi connectivity index (χ1v) is 7.99. The number of benzene rings is 1. The Kier molecular flexibility index (Phi) is 6.35. The Morgan fingerprint density at radius 2 is 1.91 bits per heavy atom. The second kappa shape index (κ2) is 8.48. The summed E-state index contributed by atoms with van der Waals surface area (Å²) in [6, 6.07) is 12.8. The van der Waals surface area contributed by atoms with E-state index in [0.717, 1.165) is 30.5 Å². The number of nitrogens with one attached hydrogen (secondary N) is 1. The molecule has 0 saturated heterocycles. The molecule has 5 heteroatoms. The number of aryl methyl sites for hydroxylation is 1. The lowest BCUT2D eigenvalue weighted by Gasteiger charge is -2.28. The average Bonchev–Trinajstić information content (AvgIpc) is 2.53. The molecule has 0 atom stereocenters. The summed E-state index contributed by atoms with van der Waals surface area (Å²) >= 11 is 0. The summed E-state index contributed by atoms with van der Waals surface area (Å²) in [6.07, 6.45) is 0. The molecular weight excluding hydrogens is 288 g/mol. The number of hydrogen-bond donors (Lipinski definition) is 1. The van der Waals surface area contributed by atoms with Crippen molar-refractivity contribution in [3.63, 3.8) is 0 Å². The van der Waals surface area contributed by atoms with E-state index >= 15 is 0 Å². The Hall–Kier alpha value is -2.14. The Morgan fingerprint density at radius 3 is 2.57 bits per heavy atom. The zero-order valence-electron chi connectivity index (χ0n) is 14.4. The number of nitrogens with zero attached hydrogens (tertiary/aromatic N) is 3. The fourth-order valence-electron chi connectivity index (χ4n) is 2.38. The highest BCUT2D eigenvalue weighted by Crippen LogP contribution is 2.20. The van der Waals surface area contributed by atoms with Crippen LogP contribution in [-0.4, -0.2) is 36.3 Å². The maximum absolute atomic E-state index is 5.07. The largest absolute Gasteiger partial charge is 0.383 e. The van der Waals surface area contributed by atoms with Crippen LogP contribution in [0.5, 0.6) is 0 Å². The lowest BCUT2D eigenvalue weighted by Crippen LogP contribution is -2.31. The molecule has 0 fully saturated rings. The molecule has 0 aliphatic carbocycles. The van der Waals surface area contributed by atoms with Crippen molar-refractivity contribution < 1.29 is 4.74 Å². The van der Waals surface area contributed by atoms with Crippen molar-refractivity contribution >= 4 is 11.6 Å². The van der Waals surface area contributed by atoms with Gasteiger partial charge in [-0.3, -0.25) is 0 Å². The third-order valence-electron chi connectivity index (χ3n) is 3.55. The standard InChI is InChI=1S/C18H26N4O/c1-14(2)22(13-16-8-6-5-7-9-16)18-12-17(19-10-11-23-4)20-15(3)21-18/h5-9,12,14H,10-11,13H2,1-4H3,(H,19,20,21). The molecule has 1 N–H and O–H groups in total. The van der Waals surface area contributed by atoms with E-state index in [1.807, 2.05) is 19.1 Å². The third-order valence-corrected chi connectivity index (χ3v) is 3.55. The zero-order chi connectivity index (χ0) is 16.7. The van der Waals surface area contributed by atoms with E-state index in [0.29, 0.717) is 12.6 Å². The van der Waals surface area contributed by atoms with Crippen LogP contribution in [0.15, 0.2) is 36.4 Å². The highest BCUT2D eigenvalue weighted by atomic mass is 16.5. The second-order valence-electron chi connectivity index (χ2n) is 5.79. The second-order valence-corrected chi connectivity index (χ2v) is 5.79. The van der Waals surface area contributed by atoms with E-state index in [9.17, 15) is 0 Å². The Labute approximate surface area is 138 Å². The summed E-state index contributed by atoms with van der Waals surface area (Å²) in [5.74, 6) is 2.54. The van der Waals surface area contributed by atoms with Crippen LogP contribution in [0.1, 0.15) is 25.2 Å². The van der Waals surface area contributed by atoms with E-state index in [-0.39, 0.29) is 0 Å². The van der Waals surface area contributed by atoms with Gasteiger partial charge in [0.1, 0.15) is 17.5 Å². The first-order chi connectivity index (χ1) is 11.1. The minimum atomic E-state index is 0.344. The highest BCUT2D eigenvalue weighted by Gasteiger charge is 2.14. The molecule has 0 amide bonds. The number of methoxy groups -OCH3 is 1. The van der Waals surface area contributed by atoms with Crippen molar-refractivity contribution in [2.24, 2.45) is 0 Å². The molecular formula is C18H26N4O. The van der Waals surface area contributed by atoms with Crippen LogP contribution in [0.2, 0.25) is 0 Å². The number of hydrogen-bond acceptors (Lipinski definition) is 5. The Balaban J connectivity index is 2.21. The van der Waals surface area contributed by atoms with Crippen LogP contribution >= 0.6 is 0 Å². The lowest BCUT2D eigenvalue weighted by atomic mass is 10.2. The van der Waals surface area contributed by atoms with Gasteiger partial charge in [0, 0.05) is 32.3 Å². The van der Waals surface area contributed by atoms with Crippen molar-refractivity contribution in [2.45, 2.75) is 33.4 Å². The van der Waals surface area contributed by atoms with E-state index in [4.69, 9.17) is 4.74 Å². The maximum atomic E-state index is 5.07. The summed E-state index contributed by atoms with van der Waals surface area (Å²) < 4.78 is 5.07. The molecule has 2 rings (SSSR count). The van der Waals surface area contributed by atoms with Crippen molar-refractivity contribution in [3.8, 4) is 0 Å². The van der Waals surface area contributed by atoms with Crippen molar-refractivity contribution in [3.05, 3.63) is 47.8 Å². The molecule has 23 heavy (non-hydrogen) atoms. The van der Waals surface area contributed by atoms with E-state index in [1.54, 1.807) is 7.11 Å². The zero-order valence-corrected chi connectivity index (χ0v) is 14.4. The first kappa shape index (κ1) is 17.2. The molecule has 1 heterocycles. The summed E-state index contributed by atoms with van der Waals surface area (Å²) in [7, 11) is 1.69. The smallest absolute Gasteiger partial charge is 0.134 e. The highest BCUT2D eigenvalue weighted by molar-refractivity contribution is 5.50. The number of anilines is 2. The summed E-state index contributed by atoms with van der Waals surface area (Å²) in [5.41, 5.74) is 1.27. The van der Waals surface area contributed by atoms with Gasteiger partial charge in [0.05, 0.1) is 6.61 Å². The summed E-state index contributed by atoms with van der Waals surface area (Å²) in [4.78, 5) is 11.4. The van der Waals surface area contributed by atoms with Crippen molar-refractivity contribution in [1.29, 1.82) is 0 Å². The quantitative estimate of drug-likeness (QED) is 0.758. The van der Waals surface area contributed by atoms with Crippen LogP contribution < -0.4 is 10.2 Å². The predicted molar refractivity (Wildman–Crippen MR) is 94.9 cm³/mol. The molecule has 5 nitrogen and oxygen atoms in total. The van der Waals surface area contributed by atoms with Gasteiger partial charge in [0.2, 0.25) is 0 Å². The summed E-state index contributed by atoms with van der Waals surface area (Å²) in [5, 5.41) is 3.28. The topological polar surface area (TPSA) is 50.3 Å². The van der Waals surface area contributed by atoms with Gasteiger partial charge in [0.15, 0.2) is 0 Å². The predicted octanol–water partition coefficient (Wildman–Crippen LogP) is 3.26. The molecule has 0 unspecified atom stereocenters. The lowest BCUT2D eigenvalue weighted by molar-refractivity contribution is 0.210. The minimum absolute atomic E-state index is 0.344. The van der Waals surface area contributed by atoms with Crippen LogP contribution in [0.3, 0.4) is 0 Å². The molecule has 2 aromatic rings. The molecule has 0 saturated carbocycles. The Bertz CT molecular complexity index is 601. The van der Waals surface area contributed by atoms with Gasteiger partial charge >= 0.3 is 0 Å². The van der Waals surface area contributed by atoms with E-state index < -0.39 is 0 Å². The molecule has 0 spiro atoms. The maximum Gasteiger partial charge on any atom is 0.134 e. The summed E-state index contributed by atoms with van der Waals surface area (Å²) in [6.45, 7) is 8.48. The van der Waals surface area contributed by atoms with E-state index in [1.165, 1.54) is 5.56 Å². The normalized spacial score (nSPS) is 10.8. The minimum Gasteiger partial charge on any atom is -0.383 e. The molecule has 1 aromatic heterocycles. The van der Waals surface area contributed by atoms with Crippen LogP contribution in [0.4, 0.5) is 11.6 Å². The third kappa shape index (κ3) is 5.21. The average molecular weight is 314 g/mol. The molecule has 0 aliphatic rings. The van der Waals surface area contributed by atoms with Crippen molar-refractivity contribution in [2.75, 3.05) is 30.5 Å². The fraction of sp³-hybridized carbons (Fsp3) is 0.444. The van der Waals surface area contributed by atoms with Gasteiger partial charge in [-0.25, -0.2) is 9.97 Å². The first-order valence-electron chi connectivity index (χ1n) is 7.99. The van der Waals surface area contributed by atoms with Gasteiger partial charge < -0.3 is 15.0 Å². The number of rotatable bonds is 8. The van der Waals surface area contributed by atoms with Crippen LogP contribution in [-0.2, 0) is 11.3 Å². The van der Waals surface area contributed by atoms with Gasteiger partial charge in [-0.15, -0.1) is 0 Å². The monoisotopic (exact) mass is 314 g/mol. The van der Waals surface area contributed by atoms with Gasteiger partial charge in [-0.05, 0) is 26.3 Å². The van der Waals surface area contributed by atoms with E-state index in [2.05, 4.69) is 58.3 Å². The molecule has 0 bridgehead atoms. The van der Waals surface area contributed by atoms with Gasteiger partial charge in [-0.1, -0.05) is 30.3 Å². The number of aromatic nitrogens is 2. The molecule has 0 aliphatic heterocycles. The van der Waals surface area contributed by atoms with Crippen LogP contribution in [0.25, 0.3) is 0 Å². The van der Waals surface area contributed by atoms with Crippen molar-refractivity contribution in [1.82, 2.24) is 9.97 Å². The van der Waals surface area contributed by atoms with Crippen LogP contribution in [0, 0.1) is 6.92 Å². The molecule has 124 valence electrons. The molecule has 1 aromatic carbocycles. The van der Waals surface area contributed by atoms with Gasteiger partial charge in [-0.2, -0.15) is 0 Å².